The molecule has 0 aromatic heterocycles. The van der Waals surface area contributed by atoms with Crippen LogP contribution in [0, 0.1) is 0 Å². The summed E-state index contributed by atoms with van der Waals surface area (Å²) >= 11 is 0. The lowest BCUT2D eigenvalue weighted by atomic mass is 9.94. The van der Waals surface area contributed by atoms with Crippen LogP contribution in [-0.2, 0) is 6.42 Å². The predicted octanol–water partition coefficient (Wildman–Crippen LogP) is 2.22. The minimum atomic E-state index is -0.943. The van der Waals surface area contributed by atoms with Gasteiger partial charge in [-0.05, 0) is 18.6 Å². The highest BCUT2D eigenvalue weighted by Gasteiger charge is 2.31. The van der Waals surface area contributed by atoms with Gasteiger partial charge in [0.2, 0.25) is 0 Å². The van der Waals surface area contributed by atoms with Gasteiger partial charge >= 0.3 is 0 Å². The van der Waals surface area contributed by atoms with Gasteiger partial charge in [0, 0.05) is 24.1 Å². The number of aliphatic hydroxyl groups excluding tert-OH is 3. The summed E-state index contributed by atoms with van der Waals surface area (Å²) in [6.45, 7) is 5.10. The summed E-state index contributed by atoms with van der Waals surface area (Å²) in [6, 6.07) is 2.52. The fraction of sp³-hybridized carbons (Fsp3) is 0.250. The van der Waals surface area contributed by atoms with Crippen molar-refractivity contribution in [3.63, 3.8) is 0 Å². The van der Waals surface area contributed by atoms with Crippen LogP contribution in [0.3, 0.4) is 0 Å². The smallest absolute Gasteiger partial charge is 0.152 e. The molecule has 1 aromatic carbocycles. The molecule has 0 unspecified atom stereocenters. The molecule has 1 heterocycles. The Labute approximate surface area is 127 Å². The number of rotatable bonds is 3. The number of benzene rings is 1. The summed E-state index contributed by atoms with van der Waals surface area (Å²) < 4.78 is 5.58. The average molecular weight is 306 g/mol. The fourth-order valence-electron chi connectivity index (χ4n) is 2.18. The van der Waals surface area contributed by atoms with Gasteiger partial charge in [0.25, 0.3) is 0 Å². The van der Waals surface area contributed by atoms with Crippen LogP contribution in [0.25, 0.3) is 0 Å². The van der Waals surface area contributed by atoms with Gasteiger partial charge in [-0.1, -0.05) is 12.7 Å². The summed E-state index contributed by atoms with van der Waals surface area (Å²) in [5.74, 6) is -0.592. The maximum Gasteiger partial charge on any atom is 0.152 e. The van der Waals surface area contributed by atoms with Crippen molar-refractivity contribution in [3.8, 4) is 17.2 Å². The summed E-state index contributed by atoms with van der Waals surface area (Å²) in [5, 5.41) is 47.9. The van der Waals surface area contributed by atoms with Crippen molar-refractivity contribution in [2.45, 2.75) is 25.6 Å². The van der Waals surface area contributed by atoms with Gasteiger partial charge in [-0.3, -0.25) is 0 Å². The zero-order chi connectivity index (χ0) is 16.4. The fourth-order valence-corrected chi connectivity index (χ4v) is 2.18. The third kappa shape index (κ3) is 3.17. The van der Waals surface area contributed by atoms with Crippen molar-refractivity contribution in [2.75, 3.05) is 0 Å². The maximum absolute atomic E-state index is 10.1. The van der Waals surface area contributed by atoms with Crippen LogP contribution >= 0.6 is 0 Å². The molecule has 1 aromatic rings. The molecule has 0 radical (unpaired) electrons. The Balaban J connectivity index is 2.23. The molecule has 22 heavy (non-hydrogen) atoms. The summed E-state index contributed by atoms with van der Waals surface area (Å²) in [4.78, 5) is 0. The standard InChI is InChI=1S/C16H18O6/c1-8(3-4-12(19)9(2)17)16-14(21)7-11-13(20)5-10(18)6-15(11)22-16/h3-6,14,16-21H,1,7H2,2H3/b4-3-,12-9-/t14-,16-/m0/s1. The molecule has 1 aliphatic rings. The second-order valence-corrected chi connectivity index (χ2v) is 5.13. The van der Waals surface area contributed by atoms with Crippen LogP contribution in [0.15, 0.2) is 48.0 Å². The normalized spacial score (nSPS) is 21.9. The Morgan fingerprint density at radius 3 is 2.59 bits per heavy atom. The van der Waals surface area contributed by atoms with E-state index in [4.69, 9.17) is 9.84 Å². The second kappa shape index (κ2) is 6.03. The molecule has 0 bridgehead atoms. The maximum atomic E-state index is 10.1. The molecule has 0 spiro atoms. The first-order valence-electron chi connectivity index (χ1n) is 6.65. The van der Waals surface area contributed by atoms with Gasteiger partial charge in [-0.25, -0.2) is 0 Å². The van der Waals surface area contributed by atoms with E-state index in [2.05, 4.69) is 6.58 Å². The average Bonchev–Trinajstić information content (AvgIpc) is 2.44. The van der Waals surface area contributed by atoms with E-state index in [-0.39, 0.29) is 35.2 Å². The highest BCUT2D eigenvalue weighted by molar-refractivity contribution is 5.51. The van der Waals surface area contributed by atoms with Crippen molar-refractivity contribution < 1.29 is 30.3 Å². The molecule has 0 amide bonds. The number of hydrogen-bond donors (Lipinski definition) is 5. The van der Waals surface area contributed by atoms with Gasteiger partial charge in [-0.15, -0.1) is 0 Å². The first-order chi connectivity index (χ1) is 10.3. The summed E-state index contributed by atoms with van der Waals surface area (Å²) in [6.07, 6.45) is 1.05. The minimum absolute atomic E-state index is 0.139. The molecule has 118 valence electrons. The minimum Gasteiger partial charge on any atom is -0.509 e. The van der Waals surface area contributed by atoms with E-state index >= 15 is 0 Å². The molecule has 0 aliphatic carbocycles. The van der Waals surface area contributed by atoms with Gasteiger partial charge in [0.15, 0.2) is 5.76 Å². The highest BCUT2D eigenvalue weighted by Crippen LogP contribution is 2.39. The molecule has 1 aliphatic heterocycles. The quantitative estimate of drug-likeness (QED) is 0.432. The van der Waals surface area contributed by atoms with Crippen molar-refractivity contribution in [2.24, 2.45) is 0 Å². The molecule has 0 saturated carbocycles. The lowest BCUT2D eigenvalue weighted by molar-refractivity contribution is 0.0436. The third-order valence-electron chi connectivity index (χ3n) is 3.38. The van der Waals surface area contributed by atoms with Gasteiger partial charge in [0.05, 0.1) is 6.10 Å². The SMILES string of the molecule is C=C(/C=C\C(O)=C(/C)O)[C@@H]1Oc2cc(O)cc(O)c2C[C@@H]1O. The largest absolute Gasteiger partial charge is 0.509 e. The number of phenolic OH excluding ortho intramolecular Hbond substituents is 2. The van der Waals surface area contributed by atoms with E-state index in [1.165, 1.54) is 31.2 Å². The number of allylic oxidation sites excluding steroid dienone is 2. The van der Waals surface area contributed by atoms with Crippen LogP contribution in [0.5, 0.6) is 17.2 Å². The molecular formula is C16H18O6. The van der Waals surface area contributed by atoms with Gasteiger partial charge in [-0.2, -0.15) is 0 Å². The number of ether oxygens (including phenoxy) is 1. The van der Waals surface area contributed by atoms with Crippen LogP contribution in [-0.4, -0.2) is 37.7 Å². The number of aliphatic hydroxyl groups is 3. The Hall–Kier alpha value is -2.60. The topological polar surface area (TPSA) is 110 Å². The van der Waals surface area contributed by atoms with E-state index in [0.717, 1.165) is 0 Å². The van der Waals surface area contributed by atoms with Crippen LogP contribution in [0.1, 0.15) is 12.5 Å². The Kier molecular flexibility index (Phi) is 4.32. The predicted molar refractivity (Wildman–Crippen MR) is 80.1 cm³/mol. The molecule has 0 fully saturated rings. The van der Waals surface area contributed by atoms with E-state index in [1.807, 2.05) is 0 Å². The van der Waals surface area contributed by atoms with Gasteiger partial charge in [0.1, 0.15) is 29.1 Å². The zero-order valence-electron chi connectivity index (χ0n) is 12.0. The molecule has 2 rings (SSSR count). The highest BCUT2D eigenvalue weighted by atomic mass is 16.5. The van der Waals surface area contributed by atoms with Gasteiger partial charge < -0.3 is 30.3 Å². The van der Waals surface area contributed by atoms with Crippen molar-refractivity contribution in [1.82, 2.24) is 0 Å². The van der Waals surface area contributed by atoms with Crippen molar-refractivity contribution in [3.05, 3.63) is 53.5 Å². The van der Waals surface area contributed by atoms with E-state index < -0.39 is 12.2 Å². The first-order valence-corrected chi connectivity index (χ1v) is 6.65. The number of aromatic hydroxyl groups is 2. The molecule has 0 saturated heterocycles. The van der Waals surface area contributed by atoms with Crippen LogP contribution < -0.4 is 4.74 Å². The molecule has 5 N–H and O–H groups in total. The third-order valence-corrected chi connectivity index (χ3v) is 3.38. The van der Waals surface area contributed by atoms with Crippen LogP contribution in [0.2, 0.25) is 0 Å². The zero-order valence-corrected chi connectivity index (χ0v) is 12.0. The van der Waals surface area contributed by atoms with E-state index in [9.17, 15) is 20.4 Å². The summed E-state index contributed by atoms with van der Waals surface area (Å²) in [7, 11) is 0. The monoisotopic (exact) mass is 306 g/mol. The number of hydrogen-bond acceptors (Lipinski definition) is 6. The Bertz CT molecular complexity index is 655. The Morgan fingerprint density at radius 2 is 1.95 bits per heavy atom. The number of phenols is 2. The Morgan fingerprint density at radius 1 is 1.27 bits per heavy atom. The molecule has 2 atom stereocenters. The van der Waals surface area contributed by atoms with Crippen molar-refractivity contribution >= 4 is 0 Å². The molecular weight excluding hydrogens is 288 g/mol. The number of fused-ring (bicyclic) bond motifs is 1. The second-order valence-electron chi connectivity index (χ2n) is 5.13. The molecule has 6 heteroatoms. The van der Waals surface area contributed by atoms with Crippen molar-refractivity contribution in [1.29, 1.82) is 0 Å². The van der Waals surface area contributed by atoms with Crippen LogP contribution in [0.4, 0.5) is 0 Å². The van der Waals surface area contributed by atoms with E-state index in [0.29, 0.717) is 11.1 Å². The lowest BCUT2D eigenvalue weighted by Crippen LogP contribution is -2.38. The lowest BCUT2D eigenvalue weighted by Gasteiger charge is -2.31. The first kappa shape index (κ1) is 15.8. The molecule has 6 nitrogen and oxygen atoms in total. The summed E-state index contributed by atoms with van der Waals surface area (Å²) in [5.41, 5.74) is 0.779. The van der Waals surface area contributed by atoms with E-state index in [1.54, 1.807) is 0 Å².